The number of carbonyl (C=O) groups is 2. The van der Waals surface area contributed by atoms with Gasteiger partial charge in [-0.3, -0.25) is 4.79 Å². The minimum Gasteiger partial charge on any atom is -0.330 e. The quantitative estimate of drug-likeness (QED) is 0.345. The molecule has 9 heteroatoms. The number of carbonyl (C=O) groups excluding carboxylic acids is 2. The lowest BCUT2D eigenvalue weighted by Gasteiger charge is -2.29. The molecule has 0 amide bonds. The SMILES string of the molecule is CC(C)C1NCCC2=C1Cc1cc(Cl)ccc12.CC(C)C=O.NCCC1=CCc2cc(Cl)ccc21.O=CC(F)(F)F. The Bertz CT molecular complexity index is 1250. The van der Waals surface area contributed by atoms with Gasteiger partial charge in [0.05, 0.1) is 0 Å². The zero-order valence-electron chi connectivity index (χ0n) is 24.0. The van der Waals surface area contributed by atoms with Crippen LogP contribution in [0.2, 0.25) is 10.0 Å². The van der Waals surface area contributed by atoms with Crippen LogP contribution in [0.3, 0.4) is 0 Å². The fourth-order valence-corrected chi connectivity index (χ4v) is 5.36. The first kappa shape index (κ1) is 34.7. The van der Waals surface area contributed by atoms with Gasteiger partial charge < -0.3 is 15.8 Å². The van der Waals surface area contributed by atoms with Crippen LogP contribution < -0.4 is 11.1 Å². The van der Waals surface area contributed by atoms with Gasteiger partial charge >= 0.3 is 6.18 Å². The third-order valence-electron chi connectivity index (χ3n) is 6.74. The lowest BCUT2D eigenvalue weighted by molar-refractivity contribution is -0.156. The maximum absolute atomic E-state index is 10.4. The van der Waals surface area contributed by atoms with E-state index in [0.717, 1.165) is 48.6 Å². The molecule has 5 rings (SSSR count). The van der Waals surface area contributed by atoms with Gasteiger partial charge in [-0.2, -0.15) is 13.2 Å². The Hall–Kier alpha value is -2.45. The second-order valence-corrected chi connectivity index (χ2v) is 11.6. The van der Waals surface area contributed by atoms with Crippen molar-refractivity contribution in [2.75, 3.05) is 13.1 Å². The van der Waals surface area contributed by atoms with Crippen molar-refractivity contribution in [3.8, 4) is 0 Å². The molecule has 4 nitrogen and oxygen atoms in total. The van der Waals surface area contributed by atoms with E-state index < -0.39 is 12.5 Å². The number of hydrogen-bond acceptors (Lipinski definition) is 4. The maximum Gasteiger partial charge on any atom is 0.446 e. The van der Waals surface area contributed by atoms with Crippen LogP contribution in [0.4, 0.5) is 13.2 Å². The largest absolute Gasteiger partial charge is 0.446 e. The van der Waals surface area contributed by atoms with E-state index in [2.05, 4.69) is 43.4 Å². The molecule has 0 saturated carbocycles. The normalized spacial score (nSPS) is 16.7. The summed E-state index contributed by atoms with van der Waals surface area (Å²) in [5, 5.41) is 5.33. The van der Waals surface area contributed by atoms with Crippen molar-refractivity contribution in [1.82, 2.24) is 5.32 Å². The van der Waals surface area contributed by atoms with Crippen LogP contribution in [0.1, 0.15) is 62.8 Å². The Labute approximate surface area is 251 Å². The van der Waals surface area contributed by atoms with Gasteiger partial charge in [-0.15, -0.1) is 0 Å². The van der Waals surface area contributed by atoms with Crippen LogP contribution >= 0.6 is 23.2 Å². The Kier molecular flexibility index (Phi) is 13.8. The van der Waals surface area contributed by atoms with Crippen LogP contribution in [-0.4, -0.2) is 37.9 Å². The Morgan fingerprint density at radius 1 is 1.00 bits per heavy atom. The molecule has 0 aromatic heterocycles. The molecule has 1 atom stereocenters. The zero-order valence-corrected chi connectivity index (χ0v) is 25.5. The van der Waals surface area contributed by atoms with Gasteiger partial charge in [-0.05, 0) is 108 Å². The summed E-state index contributed by atoms with van der Waals surface area (Å²) in [4.78, 5) is 18.2. The summed E-state index contributed by atoms with van der Waals surface area (Å²) < 4.78 is 31.2. The molecule has 0 bridgehead atoms. The summed E-state index contributed by atoms with van der Waals surface area (Å²) in [5.74, 6) is 0.861. The summed E-state index contributed by atoms with van der Waals surface area (Å²) in [5.41, 5.74) is 15.6. The van der Waals surface area contributed by atoms with Crippen molar-refractivity contribution < 1.29 is 22.8 Å². The summed E-state index contributed by atoms with van der Waals surface area (Å²) in [6, 6.07) is 13.0. The van der Waals surface area contributed by atoms with Crippen LogP contribution in [0.15, 0.2) is 48.0 Å². The molecule has 3 N–H and O–H groups in total. The number of benzene rings is 2. The van der Waals surface area contributed by atoms with E-state index in [1.54, 1.807) is 11.1 Å². The van der Waals surface area contributed by atoms with Crippen molar-refractivity contribution in [3.63, 3.8) is 0 Å². The first-order chi connectivity index (χ1) is 19.3. The average molecular weight is 612 g/mol. The van der Waals surface area contributed by atoms with Crippen molar-refractivity contribution in [1.29, 1.82) is 0 Å². The monoisotopic (exact) mass is 610 g/mol. The molecule has 0 spiro atoms. The lowest BCUT2D eigenvalue weighted by Crippen LogP contribution is -2.39. The molecule has 2 aliphatic carbocycles. The van der Waals surface area contributed by atoms with Gasteiger partial charge in [0.1, 0.15) is 6.29 Å². The molecule has 1 unspecified atom stereocenters. The summed E-state index contributed by atoms with van der Waals surface area (Å²) in [7, 11) is 0. The topological polar surface area (TPSA) is 72.2 Å². The Morgan fingerprint density at radius 3 is 2.07 bits per heavy atom. The zero-order chi connectivity index (χ0) is 30.7. The van der Waals surface area contributed by atoms with Crippen LogP contribution in [0.5, 0.6) is 0 Å². The molecule has 3 aliphatic rings. The van der Waals surface area contributed by atoms with E-state index in [1.807, 2.05) is 32.0 Å². The van der Waals surface area contributed by atoms with Crippen molar-refractivity contribution >= 4 is 46.9 Å². The van der Waals surface area contributed by atoms with Gasteiger partial charge in [-0.25, -0.2) is 0 Å². The van der Waals surface area contributed by atoms with Gasteiger partial charge in [0.25, 0.3) is 0 Å². The molecule has 2 aromatic rings. The summed E-state index contributed by atoms with van der Waals surface area (Å²) in [6.07, 6.45) is 1.68. The maximum atomic E-state index is 10.4. The second kappa shape index (κ2) is 16.3. The number of nitrogens with one attached hydrogen (secondary N) is 1. The van der Waals surface area contributed by atoms with Gasteiger partial charge in [0.15, 0.2) is 0 Å². The number of fused-ring (bicyclic) bond motifs is 3. The van der Waals surface area contributed by atoms with Crippen LogP contribution in [0, 0.1) is 11.8 Å². The number of nitrogens with two attached hydrogens (primary N) is 1. The molecule has 0 radical (unpaired) electrons. The molecule has 0 saturated heterocycles. The van der Waals surface area contributed by atoms with Gasteiger partial charge in [0, 0.05) is 22.0 Å². The smallest absolute Gasteiger partial charge is 0.330 e. The standard InChI is InChI=1S/C15H18ClN.C11H12ClN.C4H8O.C2HF3O/c1-9(2)15-14-8-10-7-11(16)3-4-12(10)13(14)5-6-17-15;12-10-3-4-11-8(5-6-13)1-2-9(11)7-10;1-4(2)3-5;3-2(4,5)1-6/h3-4,7,9,15,17H,5-6,8H2,1-2H3;1,3-4,7H,2,5-6,13H2;3-4H,1-2H3;1H. The van der Waals surface area contributed by atoms with E-state index in [4.69, 9.17) is 33.7 Å². The third-order valence-corrected chi connectivity index (χ3v) is 7.21. The van der Waals surface area contributed by atoms with E-state index in [9.17, 15) is 18.0 Å². The Balaban J connectivity index is 0.000000216. The predicted octanol–water partition coefficient (Wildman–Crippen LogP) is 7.88. The first-order valence-electron chi connectivity index (χ1n) is 13.7. The van der Waals surface area contributed by atoms with Crippen LogP contribution in [-0.2, 0) is 22.4 Å². The fourth-order valence-electron chi connectivity index (χ4n) is 4.97. The molecular formula is C32H39Cl2F3N2O2. The van der Waals surface area contributed by atoms with E-state index in [0.29, 0.717) is 18.5 Å². The molecule has 41 heavy (non-hydrogen) atoms. The fraction of sp³-hybridized carbons (Fsp3) is 0.438. The highest BCUT2D eigenvalue weighted by molar-refractivity contribution is 6.31. The minimum absolute atomic E-state index is 0.204. The van der Waals surface area contributed by atoms with E-state index in [1.165, 1.54) is 27.8 Å². The highest BCUT2D eigenvalue weighted by Crippen LogP contribution is 2.40. The third kappa shape index (κ3) is 10.7. The highest BCUT2D eigenvalue weighted by Gasteiger charge is 2.31. The van der Waals surface area contributed by atoms with Crippen LogP contribution in [0.25, 0.3) is 11.1 Å². The van der Waals surface area contributed by atoms with Gasteiger partial charge in [0.2, 0.25) is 6.29 Å². The number of hydrogen-bond donors (Lipinski definition) is 2. The molecule has 0 fully saturated rings. The van der Waals surface area contributed by atoms with Crippen molar-refractivity contribution in [2.45, 2.75) is 65.6 Å². The second-order valence-electron chi connectivity index (χ2n) is 10.7. The van der Waals surface area contributed by atoms with Gasteiger partial charge in [-0.1, -0.05) is 69.1 Å². The number of rotatable bonds is 4. The lowest BCUT2D eigenvalue weighted by atomic mass is 9.88. The number of halogens is 5. The molecular weight excluding hydrogens is 572 g/mol. The molecule has 2 aromatic carbocycles. The number of aldehydes is 2. The minimum atomic E-state index is -4.64. The molecule has 224 valence electrons. The van der Waals surface area contributed by atoms with Crippen molar-refractivity contribution in [2.24, 2.45) is 17.6 Å². The van der Waals surface area contributed by atoms with E-state index in [-0.39, 0.29) is 5.92 Å². The number of alkyl halides is 3. The highest BCUT2D eigenvalue weighted by atomic mass is 35.5. The van der Waals surface area contributed by atoms with E-state index >= 15 is 0 Å². The number of allylic oxidation sites excluding steroid dienone is 1. The Morgan fingerprint density at radius 2 is 1.56 bits per heavy atom. The predicted molar refractivity (Wildman–Crippen MR) is 163 cm³/mol. The summed E-state index contributed by atoms with van der Waals surface area (Å²) >= 11 is 12.0. The summed E-state index contributed by atoms with van der Waals surface area (Å²) in [6.45, 7) is 10.1. The molecule has 1 heterocycles. The average Bonchev–Trinajstić information content (AvgIpc) is 3.49. The first-order valence-corrected chi connectivity index (χ1v) is 14.5. The molecule has 1 aliphatic heterocycles. The van der Waals surface area contributed by atoms with Crippen molar-refractivity contribution in [3.05, 3.63) is 80.3 Å².